The van der Waals surface area contributed by atoms with E-state index in [1.54, 1.807) is 39.0 Å². The quantitative estimate of drug-likeness (QED) is 0.678. The normalized spacial score (nSPS) is 11.0. The summed E-state index contributed by atoms with van der Waals surface area (Å²) in [6.45, 7) is 5.05. The van der Waals surface area contributed by atoms with Crippen molar-refractivity contribution in [3.63, 3.8) is 0 Å². The van der Waals surface area contributed by atoms with Crippen molar-refractivity contribution in [2.24, 2.45) is 0 Å². The van der Waals surface area contributed by atoms with E-state index in [-0.39, 0.29) is 23.4 Å². The molecular weight excluding hydrogens is 392 g/mol. The minimum absolute atomic E-state index is 0.0342. The molecule has 0 atom stereocenters. The van der Waals surface area contributed by atoms with E-state index in [0.29, 0.717) is 9.21 Å². The van der Waals surface area contributed by atoms with Crippen LogP contribution in [-0.2, 0) is 11.3 Å². The Morgan fingerprint density at radius 2 is 1.89 bits per heavy atom. The van der Waals surface area contributed by atoms with Crippen molar-refractivity contribution in [3.05, 3.63) is 50.7 Å². The molecular formula is C18H19ClN2O5S. The van der Waals surface area contributed by atoms with E-state index in [1.165, 1.54) is 12.1 Å². The predicted octanol–water partition coefficient (Wildman–Crippen LogP) is 4.38. The molecule has 0 saturated carbocycles. The molecule has 2 amide bonds. The second kappa shape index (κ2) is 8.41. The van der Waals surface area contributed by atoms with Crippen molar-refractivity contribution in [2.45, 2.75) is 32.9 Å². The number of hydrogen-bond acceptors (Lipinski definition) is 5. The fourth-order valence-corrected chi connectivity index (χ4v) is 3.16. The number of carboxylic acid groups (broad SMARTS) is 1. The molecule has 1 aromatic heterocycles. The summed E-state index contributed by atoms with van der Waals surface area (Å²) in [6, 6.07) is 7.61. The molecule has 7 nitrogen and oxygen atoms in total. The van der Waals surface area contributed by atoms with Crippen LogP contribution in [0.2, 0.25) is 4.34 Å². The van der Waals surface area contributed by atoms with Gasteiger partial charge in [0.1, 0.15) is 5.60 Å². The van der Waals surface area contributed by atoms with Gasteiger partial charge in [0.25, 0.3) is 5.91 Å². The Kier molecular flexibility index (Phi) is 6.45. The number of ether oxygens (including phenoxy) is 1. The maximum atomic E-state index is 12.2. The number of rotatable bonds is 5. The standard InChI is InChI=1S/C18H19ClN2O5S/c1-18(2,3)26-17(25)21-12-6-4-5-10(16(23)24)11(12)9-20-15(22)13-7-8-14(19)27-13/h4-8H,9H2,1-3H3,(H,20,22)(H,21,25)(H,23,24). The summed E-state index contributed by atoms with van der Waals surface area (Å²) in [7, 11) is 0. The van der Waals surface area contributed by atoms with Gasteiger partial charge in [0.2, 0.25) is 0 Å². The fraction of sp³-hybridized carbons (Fsp3) is 0.278. The van der Waals surface area contributed by atoms with Gasteiger partial charge in [-0.3, -0.25) is 10.1 Å². The van der Waals surface area contributed by atoms with Gasteiger partial charge in [0, 0.05) is 17.8 Å². The average molecular weight is 411 g/mol. The van der Waals surface area contributed by atoms with Gasteiger partial charge in [0.15, 0.2) is 0 Å². The summed E-state index contributed by atoms with van der Waals surface area (Å²) in [5.74, 6) is -1.57. The predicted molar refractivity (Wildman–Crippen MR) is 104 cm³/mol. The Bertz CT molecular complexity index is 873. The smallest absolute Gasteiger partial charge is 0.412 e. The van der Waals surface area contributed by atoms with Crippen LogP contribution in [-0.4, -0.2) is 28.7 Å². The topological polar surface area (TPSA) is 105 Å². The zero-order chi connectivity index (χ0) is 20.2. The molecule has 144 valence electrons. The van der Waals surface area contributed by atoms with Gasteiger partial charge in [0.05, 0.1) is 14.8 Å². The molecule has 1 aromatic carbocycles. The first-order valence-electron chi connectivity index (χ1n) is 7.95. The SMILES string of the molecule is CC(C)(C)OC(=O)Nc1cccc(C(=O)O)c1CNC(=O)c1ccc(Cl)s1. The first kappa shape index (κ1) is 20.7. The van der Waals surface area contributed by atoms with Crippen molar-refractivity contribution in [3.8, 4) is 0 Å². The summed E-state index contributed by atoms with van der Waals surface area (Å²) in [5.41, 5.74) is -0.241. The third kappa shape index (κ3) is 5.97. The second-order valence-corrected chi connectivity index (χ2v) is 8.27. The molecule has 0 unspecified atom stereocenters. The van der Waals surface area contributed by atoms with E-state index >= 15 is 0 Å². The van der Waals surface area contributed by atoms with Crippen LogP contribution in [0.1, 0.15) is 46.4 Å². The van der Waals surface area contributed by atoms with Gasteiger partial charge in [-0.05, 0) is 45.0 Å². The third-order valence-corrected chi connectivity index (χ3v) is 4.49. The number of carbonyl (C=O) groups is 3. The van der Waals surface area contributed by atoms with Gasteiger partial charge < -0.3 is 15.2 Å². The highest BCUT2D eigenvalue weighted by atomic mass is 35.5. The highest BCUT2D eigenvalue weighted by Crippen LogP contribution is 2.23. The third-order valence-electron chi connectivity index (χ3n) is 3.26. The van der Waals surface area contributed by atoms with Gasteiger partial charge in [-0.25, -0.2) is 9.59 Å². The molecule has 0 spiro atoms. The van der Waals surface area contributed by atoms with Gasteiger partial charge >= 0.3 is 12.1 Å². The van der Waals surface area contributed by atoms with Crippen molar-refractivity contribution in [1.29, 1.82) is 0 Å². The lowest BCUT2D eigenvalue weighted by molar-refractivity contribution is 0.0632. The summed E-state index contributed by atoms with van der Waals surface area (Å²) < 4.78 is 5.67. The van der Waals surface area contributed by atoms with E-state index in [0.717, 1.165) is 11.3 Å². The van der Waals surface area contributed by atoms with Crippen molar-refractivity contribution >= 4 is 46.6 Å². The van der Waals surface area contributed by atoms with Crippen molar-refractivity contribution in [2.75, 3.05) is 5.32 Å². The Labute approximate surface area is 165 Å². The van der Waals surface area contributed by atoms with E-state index in [4.69, 9.17) is 16.3 Å². The molecule has 9 heteroatoms. The number of nitrogens with one attached hydrogen (secondary N) is 2. The lowest BCUT2D eigenvalue weighted by Gasteiger charge is -2.21. The van der Waals surface area contributed by atoms with Gasteiger partial charge in [-0.1, -0.05) is 17.7 Å². The molecule has 0 aliphatic heterocycles. The minimum atomic E-state index is -1.17. The lowest BCUT2D eigenvalue weighted by atomic mass is 10.0. The second-order valence-electron chi connectivity index (χ2n) is 6.55. The number of anilines is 1. The number of carbonyl (C=O) groups excluding carboxylic acids is 2. The lowest BCUT2D eigenvalue weighted by Crippen LogP contribution is -2.28. The Balaban J connectivity index is 2.22. The zero-order valence-corrected chi connectivity index (χ0v) is 16.5. The summed E-state index contributed by atoms with van der Waals surface area (Å²) in [6.07, 6.45) is -0.720. The molecule has 0 bridgehead atoms. The van der Waals surface area contributed by atoms with E-state index in [2.05, 4.69) is 10.6 Å². The molecule has 3 N–H and O–H groups in total. The summed E-state index contributed by atoms with van der Waals surface area (Å²) >= 11 is 6.93. The molecule has 0 radical (unpaired) electrons. The number of halogens is 1. The number of carboxylic acids is 1. The maximum absolute atomic E-state index is 12.2. The van der Waals surface area contributed by atoms with Crippen molar-refractivity contribution in [1.82, 2.24) is 5.32 Å². The molecule has 2 rings (SSSR count). The van der Waals surface area contributed by atoms with Crippen LogP contribution in [0.5, 0.6) is 0 Å². The Morgan fingerprint density at radius 3 is 2.44 bits per heavy atom. The fourth-order valence-electron chi connectivity index (χ4n) is 2.20. The Hall–Kier alpha value is -2.58. The number of thiophene rings is 1. The number of benzene rings is 1. The van der Waals surface area contributed by atoms with Crippen LogP contribution in [0, 0.1) is 0 Å². The van der Waals surface area contributed by atoms with Crippen molar-refractivity contribution < 1.29 is 24.2 Å². The summed E-state index contributed by atoms with van der Waals surface area (Å²) in [5, 5.41) is 14.6. The molecule has 0 aliphatic rings. The van der Waals surface area contributed by atoms with Crippen LogP contribution in [0.25, 0.3) is 0 Å². The molecule has 27 heavy (non-hydrogen) atoms. The molecule has 1 heterocycles. The first-order valence-corrected chi connectivity index (χ1v) is 9.15. The largest absolute Gasteiger partial charge is 0.478 e. The first-order chi connectivity index (χ1) is 12.6. The van der Waals surface area contributed by atoms with Crippen LogP contribution in [0.3, 0.4) is 0 Å². The molecule has 0 fully saturated rings. The number of aromatic carboxylic acids is 1. The number of amides is 2. The monoisotopic (exact) mass is 410 g/mol. The molecule has 2 aromatic rings. The average Bonchev–Trinajstić information content (AvgIpc) is 2.97. The highest BCUT2D eigenvalue weighted by molar-refractivity contribution is 7.17. The zero-order valence-electron chi connectivity index (χ0n) is 15.0. The van der Waals surface area contributed by atoms with Crippen LogP contribution < -0.4 is 10.6 Å². The van der Waals surface area contributed by atoms with Gasteiger partial charge in [-0.2, -0.15) is 0 Å². The van der Waals surface area contributed by atoms with E-state index in [9.17, 15) is 19.5 Å². The summed E-state index contributed by atoms with van der Waals surface area (Å²) in [4.78, 5) is 36.2. The highest BCUT2D eigenvalue weighted by Gasteiger charge is 2.20. The van der Waals surface area contributed by atoms with Crippen LogP contribution in [0.15, 0.2) is 30.3 Å². The van der Waals surface area contributed by atoms with Crippen LogP contribution >= 0.6 is 22.9 Å². The van der Waals surface area contributed by atoms with Gasteiger partial charge in [-0.15, -0.1) is 11.3 Å². The minimum Gasteiger partial charge on any atom is -0.478 e. The van der Waals surface area contributed by atoms with Crippen LogP contribution in [0.4, 0.5) is 10.5 Å². The molecule has 0 saturated heterocycles. The van der Waals surface area contributed by atoms with E-state index < -0.39 is 23.6 Å². The number of hydrogen-bond donors (Lipinski definition) is 3. The molecule has 0 aliphatic carbocycles. The Morgan fingerprint density at radius 1 is 1.19 bits per heavy atom. The maximum Gasteiger partial charge on any atom is 0.412 e. The van der Waals surface area contributed by atoms with E-state index in [1.807, 2.05) is 0 Å².